The van der Waals surface area contributed by atoms with E-state index in [9.17, 15) is 18.5 Å². The maximum atomic E-state index is 13.2. The Kier molecular flexibility index (Phi) is 8.92. The minimum absolute atomic E-state index is 0.121. The number of amides is 1. The number of carbonyl (C=O) groups is 2. The quantitative estimate of drug-likeness (QED) is 0.415. The lowest BCUT2D eigenvalue weighted by Gasteiger charge is -2.19. The van der Waals surface area contributed by atoms with Crippen LogP contribution in [0.15, 0.2) is 0 Å². The predicted octanol–water partition coefficient (Wildman–Crippen LogP) is 2.52. The molecule has 7 nitrogen and oxygen atoms in total. The maximum Gasteiger partial charge on any atom is 0.504 e. The largest absolute Gasteiger partial charge is 0.504 e. The van der Waals surface area contributed by atoms with Gasteiger partial charge in [0.1, 0.15) is 12.8 Å². The Morgan fingerprint density at radius 2 is 1.95 bits per heavy atom. The molecule has 0 aromatic rings. The summed E-state index contributed by atoms with van der Waals surface area (Å²) in [6.07, 6.45) is 2.36. The normalized spacial score (nSPS) is 17.5. The summed E-state index contributed by atoms with van der Waals surface area (Å²) < 4.78 is 37.9. The number of hydrogen-bond donors (Lipinski definition) is 1. The van der Waals surface area contributed by atoms with Crippen LogP contribution in [0.4, 0.5) is 9.18 Å². The number of esters is 1. The molecule has 1 rings (SSSR count). The summed E-state index contributed by atoms with van der Waals surface area (Å²) in [4.78, 5) is 22.9. The number of ether oxygens (including phenoxy) is 2. The van der Waals surface area contributed by atoms with Crippen LogP contribution in [-0.2, 0) is 23.4 Å². The van der Waals surface area contributed by atoms with Crippen LogP contribution in [-0.4, -0.2) is 44.8 Å². The molecule has 1 fully saturated rings. The first-order valence-corrected chi connectivity index (χ1v) is 8.86. The Labute approximate surface area is 129 Å². The van der Waals surface area contributed by atoms with Gasteiger partial charge in [-0.3, -0.25) is 4.79 Å². The van der Waals surface area contributed by atoms with Gasteiger partial charge in [-0.2, -0.15) is 0 Å². The molecule has 0 radical (unpaired) electrons. The third-order valence-corrected chi connectivity index (χ3v) is 3.75. The zero-order valence-electron chi connectivity index (χ0n) is 12.6. The molecule has 1 amide bonds. The molecule has 1 aliphatic carbocycles. The molecule has 9 heteroatoms. The number of nitrogens with one attached hydrogen (secondary N) is 1. The summed E-state index contributed by atoms with van der Waals surface area (Å²) in [5.74, 6) is -0.486. The molecule has 0 bridgehead atoms. The lowest BCUT2D eigenvalue weighted by molar-refractivity contribution is -0.157. The molecule has 1 N–H and O–H groups in total. The van der Waals surface area contributed by atoms with Gasteiger partial charge in [0.25, 0.3) is 0 Å². The summed E-state index contributed by atoms with van der Waals surface area (Å²) in [6.45, 7) is 0.112. The zero-order valence-corrected chi connectivity index (χ0v) is 13.5. The van der Waals surface area contributed by atoms with Crippen LogP contribution in [0.2, 0.25) is 0 Å². The van der Waals surface area contributed by atoms with Crippen molar-refractivity contribution in [3.8, 4) is 0 Å². The second kappa shape index (κ2) is 10.5. The minimum Gasteiger partial charge on any atom is -0.428 e. The molecule has 0 aliphatic heterocycles. The van der Waals surface area contributed by atoms with Gasteiger partial charge < -0.3 is 14.8 Å². The van der Waals surface area contributed by atoms with Crippen molar-refractivity contribution >= 4 is 20.1 Å². The van der Waals surface area contributed by atoms with E-state index in [4.69, 9.17) is 4.74 Å². The van der Waals surface area contributed by atoms with Crippen molar-refractivity contribution in [2.75, 3.05) is 26.6 Å². The minimum atomic E-state index is -1.87. The van der Waals surface area contributed by atoms with Gasteiger partial charge in [0.2, 0.25) is 6.79 Å². The smallest absolute Gasteiger partial charge is 0.428 e. The fourth-order valence-corrected chi connectivity index (χ4v) is 2.46. The summed E-state index contributed by atoms with van der Waals surface area (Å²) in [5, 5.41) is 2.16. The van der Waals surface area contributed by atoms with E-state index in [2.05, 4.69) is 14.6 Å². The molecule has 2 unspecified atom stereocenters. The van der Waals surface area contributed by atoms with Gasteiger partial charge in [0.05, 0.1) is 12.5 Å². The van der Waals surface area contributed by atoms with Gasteiger partial charge >= 0.3 is 20.1 Å². The van der Waals surface area contributed by atoms with E-state index < -0.39 is 27.1 Å². The average Bonchev–Trinajstić information content (AvgIpc) is 2.51. The number of hydrogen-bond acceptors (Lipinski definition) is 6. The van der Waals surface area contributed by atoms with Crippen molar-refractivity contribution in [1.29, 1.82) is 0 Å². The van der Waals surface area contributed by atoms with Crippen LogP contribution in [0.25, 0.3) is 0 Å². The van der Waals surface area contributed by atoms with Crippen LogP contribution in [0.1, 0.15) is 32.1 Å². The van der Waals surface area contributed by atoms with Crippen LogP contribution >= 0.6 is 8.03 Å². The Bertz CT molecular complexity index is 389. The second-order valence-corrected chi connectivity index (χ2v) is 6.20. The molecule has 126 valence electrons. The fraction of sp³-hybridized carbons (Fsp3) is 0.846. The van der Waals surface area contributed by atoms with Crippen LogP contribution in [0, 0.1) is 5.92 Å². The van der Waals surface area contributed by atoms with Crippen molar-refractivity contribution in [2.24, 2.45) is 5.92 Å². The van der Waals surface area contributed by atoms with E-state index in [1.54, 1.807) is 0 Å². The molecule has 0 aromatic carbocycles. The first-order chi connectivity index (χ1) is 10.5. The lowest BCUT2D eigenvalue weighted by atomic mass is 9.89. The summed E-state index contributed by atoms with van der Waals surface area (Å²) in [6, 6.07) is 0. The van der Waals surface area contributed by atoms with E-state index in [1.165, 1.54) is 6.66 Å². The van der Waals surface area contributed by atoms with Gasteiger partial charge in [-0.05, 0) is 17.4 Å². The molecule has 0 spiro atoms. The molecule has 1 aliphatic rings. The van der Waals surface area contributed by atoms with Crippen LogP contribution in [0.5, 0.6) is 0 Å². The third-order valence-electron chi connectivity index (χ3n) is 3.23. The van der Waals surface area contributed by atoms with E-state index in [0.29, 0.717) is 0 Å². The number of rotatable bonds is 8. The number of alkyl halides is 1. The van der Waals surface area contributed by atoms with E-state index >= 15 is 0 Å². The molecule has 2 atom stereocenters. The summed E-state index contributed by atoms with van der Waals surface area (Å²) in [7, 11) is -1.87. The van der Waals surface area contributed by atoms with E-state index in [1.807, 2.05) is 0 Å². The molecule has 0 aromatic heterocycles. The SMILES string of the molecule is C[P+](=O)OCC(F)CNC(=O)OCOC(=O)C1CCCCC1. The molecule has 1 saturated carbocycles. The van der Waals surface area contributed by atoms with Gasteiger partial charge in [0.15, 0.2) is 6.66 Å². The van der Waals surface area contributed by atoms with Crippen LogP contribution in [0.3, 0.4) is 0 Å². The zero-order chi connectivity index (χ0) is 16.4. The number of alkyl carbamates (subject to hydrolysis) is 1. The molecule has 0 heterocycles. The van der Waals surface area contributed by atoms with Gasteiger partial charge in [-0.1, -0.05) is 19.3 Å². The van der Waals surface area contributed by atoms with Crippen molar-refractivity contribution in [3.05, 3.63) is 0 Å². The monoisotopic (exact) mass is 338 g/mol. The van der Waals surface area contributed by atoms with Crippen molar-refractivity contribution in [2.45, 2.75) is 38.3 Å². The average molecular weight is 338 g/mol. The third kappa shape index (κ3) is 8.24. The Morgan fingerprint density at radius 1 is 1.27 bits per heavy atom. The lowest BCUT2D eigenvalue weighted by Crippen LogP contribution is -2.33. The maximum absolute atomic E-state index is 13.2. The van der Waals surface area contributed by atoms with Gasteiger partial charge in [0, 0.05) is 0 Å². The predicted molar refractivity (Wildman–Crippen MR) is 76.4 cm³/mol. The summed E-state index contributed by atoms with van der Waals surface area (Å²) >= 11 is 0. The highest BCUT2D eigenvalue weighted by molar-refractivity contribution is 7.38. The van der Waals surface area contributed by atoms with Crippen molar-refractivity contribution in [3.63, 3.8) is 0 Å². The highest BCUT2D eigenvalue weighted by Gasteiger charge is 2.22. The summed E-state index contributed by atoms with van der Waals surface area (Å²) in [5.41, 5.74) is 0. The van der Waals surface area contributed by atoms with Crippen molar-refractivity contribution < 1.29 is 32.5 Å². The number of halogens is 1. The van der Waals surface area contributed by atoms with E-state index in [-0.39, 0.29) is 25.0 Å². The van der Waals surface area contributed by atoms with Crippen LogP contribution < -0.4 is 5.32 Å². The Hall–Kier alpha value is -1.27. The molecule has 22 heavy (non-hydrogen) atoms. The van der Waals surface area contributed by atoms with Gasteiger partial charge in [-0.15, -0.1) is 4.52 Å². The van der Waals surface area contributed by atoms with Crippen molar-refractivity contribution in [1.82, 2.24) is 5.32 Å². The highest BCUT2D eigenvalue weighted by atomic mass is 31.1. The van der Waals surface area contributed by atoms with E-state index in [0.717, 1.165) is 32.1 Å². The Balaban J connectivity index is 2.07. The molecule has 0 saturated heterocycles. The first kappa shape index (κ1) is 18.8. The molecular weight excluding hydrogens is 316 g/mol. The first-order valence-electron chi connectivity index (χ1n) is 7.24. The molecular formula is C13H22FNO6P+. The highest BCUT2D eigenvalue weighted by Crippen LogP contribution is 2.24. The van der Waals surface area contributed by atoms with Gasteiger partial charge in [-0.25, -0.2) is 9.18 Å². The topological polar surface area (TPSA) is 90.9 Å². The standard InChI is InChI=1S/C13H21FNO6P/c1-22(18)21-8-11(14)7-15-13(17)20-9-19-12(16)10-5-3-2-4-6-10/h10-11H,2-9H2,1H3/p+1. The fourth-order valence-electron chi connectivity index (χ4n) is 2.09. The number of carbonyl (C=O) groups excluding carboxylic acids is 2. The Morgan fingerprint density at radius 3 is 2.59 bits per heavy atom. The second-order valence-electron chi connectivity index (χ2n) is 5.06.